The molecule has 0 aliphatic heterocycles. The molecule has 0 saturated heterocycles. The van der Waals surface area contributed by atoms with Gasteiger partial charge in [0.05, 0.1) is 6.10 Å². The van der Waals surface area contributed by atoms with Crippen LogP contribution in [0.25, 0.3) is 0 Å². The molecule has 2 aliphatic rings. The van der Waals surface area contributed by atoms with E-state index in [1.54, 1.807) is 0 Å². The fraction of sp³-hybridized carbons (Fsp3) is 1.00. The zero-order valence-electron chi connectivity index (χ0n) is 10.4. The van der Waals surface area contributed by atoms with Crippen LogP contribution in [-0.2, 0) is 4.74 Å². The highest BCUT2D eigenvalue weighted by molar-refractivity contribution is 4.97. The Morgan fingerprint density at radius 3 is 2.47 bits per heavy atom. The van der Waals surface area contributed by atoms with Gasteiger partial charge in [0.15, 0.2) is 0 Å². The van der Waals surface area contributed by atoms with Crippen molar-refractivity contribution in [2.24, 2.45) is 5.92 Å². The van der Waals surface area contributed by atoms with Gasteiger partial charge in [-0.15, -0.1) is 0 Å². The third kappa shape index (κ3) is 2.94. The molecule has 0 amide bonds. The maximum Gasteiger partial charge on any atom is 0.0586 e. The maximum atomic E-state index is 5.47. The Morgan fingerprint density at radius 2 is 1.87 bits per heavy atom. The van der Waals surface area contributed by atoms with E-state index in [0.29, 0.717) is 17.7 Å². The molecule has 0 aromatic rings. The predicted molar refractivity (Wildman–Crippen MR) is 63.0 cm³/mol. The fourth-order valence-electron chi connectivity index (χ4n) is 2.94. The summed E-state index contributed by atoms with van der Waals surface area (Å²) < 4.78 is 5.47. The van der Waals surface area contributed by atoms with Gasteiger partial charge >= 0.3 is 0 Å². The van der Waals surface area contributed by atoms with E-state index in [1.807, 2.05) is 7.11 Å². The summed E-state index contributed by atoms with van der Waals surface area (Å²) in [7, 11) is 1.85. The van der Waals surface area contributed by atoms with Crippen molar-refractivity contribution in [3.63, 3.8) is 0 Å². The van der Waals surface area contributed by atoms with E-state index in [-0.39, 0.29) is 0 Å². The van der Waals surface area contributed by atoms with Crippen molar-refractivity contribution in [3.05, 3.63) is 0 Å². The van der Waals surface area contributed by atoms with E-state index >= 15 is 0 Å². The predicted octanol–water partition coefficient (Wildman–Crippen LogP) is 2.72. The average Bonchev–Trinajstić information content (AvgIpc) is 3.00. The van der Waals surface area contributed by atoms with Gasteiger partial charge in [0, 0.05) is 18.7 Å². The molecule has 2 saturated carbocycles. The van der Waals surface area contributed by atoms with Gasteiger partial charge in [0.2, 0.25) is 0 Å². The lowest BCUT2D eigenvalue weighted by Crippen LogP contribution is -2.49. The molecule has 0 aromatic heterocycles. The molecule has 0 aromatic carbocycles. The molecule has 2 fully saturated rings. The van der Waals surface area contributed by atoms with E-state index in [9.17, 15) is 0 Å². The lowest BCUT2D eigenvalue weighted by Gasteiger charge is -2.36. The van der Waals surface area contributed by atoms with E-state index in [1.165, 1.54) is 38.5 Å². The molecule has 15 heavy (non-hydrogen) atoms. The summed E-state index contributed by atoms with van der Waals surface area (Å²) in [4.78, 5) is 0. The van der Waals surface area contributed by atoms with Gasteiger partial charge in [-0.1, -0.05) is 0 Å². The minimum atomic E-state index is 0.348. The topological polar surface area (TPSA) is 21.3 Å². The van der Waals surface area contributed by atoms with Crippen molar-refractivity contribution in [3.8, 4) is 0 Å². The van der Waals surface area contributed by atoms with Gasteiger partial charge in [-0.25, -0.2) is 0 Å². The quantitative estimate of drug-likeness (QED) is 0.772. The van der Waals surface area contributed by atoms with Crippen LogP contribution in [0.3, 0.4) is 0 Å². The van der Waals surface area contributed by atoms with Gasteiger partial charge in [-0.2, -0.15) is 0 Å². The molecule has 2 atom stereocenters. The number of rotatable bonds is 4. The fourth-order valence-corrected chi connectivity index (χ4v) is 2.94. The molecular formula is C13H25NO. The van der Waals surface area contributed by atoms with Crippen LogP contribution in [0.15, 0.2) is 0 Å². The van der Waals surface area contributed by atoms with E-state index in [4.69, 9.17) is 4.74 Å². The number of methoxy groups -OCH3 is 1. The molecule has 0 bridgehead atoms. The SMILES string of the molecule is COC1CCCC(NC(C)(C)C2CC2)C1. The largest absolute Gasteiger partial charge is 0.381 e. The lowest BCUT2D eigenvalue weighted by atomic mass is 9.89. The highest BCUT2D eigenvalue weighted by atomic mass is 16.5. The van der Waals surface area contributed by atoms with E-state index < -0.39 is 0 Å². The van der Waals surface area contributed by atoms with Crippen LogP contribution >= 0.6 is 0 Å². The van der Waals surface area contributed by atoms with Crippen molar-refractivity contribution < 1.29 is 4.74 Å². The summed E-state index contributed by atoms with van der Waals surface area (Å²) in [6.45, 7) is 4.72. The Morgan fingerprint density at radius 1 is 1.13 bits per heavy atom. The first-order chi connectivity index (χ1) is 7.12. The monoisotopic (exact) mass is 211 g/mol. The van der Waals surface area contributed by atoms with Crippen LogP contribution in [0.4, 0.5) is 0 Å². The van der Waals surface area contributed by atoms with Crippen LogP contribution in [0.5, 0.6) is 0 Å². The highest BCUT2D eigenvalue weighted by Gasteiger charge is 2.39. The van der Waals surface area contributed by atoms with Crippen LogP contribution in [0.2, 0.25) is 0 Å². The molecule has 2 nitrogen and oxygen atoms in total. The van der Waals surface area contributed by atoms with Gasteiger partial charge in [-0.05, 0) is 58.3 Å². The summed E-state index contributed by atoms with van der Waals surface area (Å²) >= 11 is 0. The van der Waals surface area contributed by atoms with Crippen LogP contribution < -0.4 is 5.32 Å². The summed E-state index contributed by atoms with van der Waals surface area (Å²) in [5.74, 6) is 0.917. The number of nitrogens with one attached hydrogen (secondary N) is 1. The zero-order valence-corrected chi connectivity index (χ0v) is 10.4. The maximum absolute atomic E-state index is 5.47. The zero-order chi connectivity index (χ0) is 10.9. The third-order valence-electron chi connectivity index (χ3n) is 4.13. The minimum absolute atomic E-state index is 0.348. The van der Waals surface area contributed by atoms with Gasteiger partial charge < -0.3 is 10.1 Å². The number of hydrogen-bond donors (Lipinski definition) is 1. The van der Waals surface area contributed by atoms with E-state index in [2.05, 4.69) is 19.2 Å². The smallest absolute Gasteiger partial charge is 0.0586 e. The molecule has 2 heteroatoms. The van der Waals surface area contributed by atoms with Crippen LogP contribution in [0, 0.1) is 5.92 Å². The molecule has 2 unspecified atom stereocenters. The molecular weight excluding hydrogens is 186 g/mol. The van der Waals surface area contributed by atoms with Gasteiger partial charge in [0.25, 0.3) is 0 Å². The van der Waals surface area contributed by atoms with E-state index in [0.717, 1.165) is 5.92 Å². The van der Waals surface area contributed by atoms with Crippen LogP contribution in [-0.4, -0.2) is 24.8 Å². The first-order valence-corrected chi connectivity index (χ1v) is 6.42. The van der Waals surface area contributed by atoms with Crippen molar-refractivity contribution in [2.45, 2.75) is 70.1 Å². The second-order valence-corrected chi connectivity index (χ2v) is 5.86. The second-order valence-electron chi connectivity index (χ2n) is 5.86. The van der Waals surface area contributed by atoms with Crippen molar-refractivity contribution in [1.82, 2.24) is 5.32 Å². The normalized spacial score (nSPS) is 33.0. The molecule has 2 aliphatic carbocycles. The van der Waals surface area contributed by atoms with Gasteiger partial charge in [-0.3, -0.25) is 0 Å². The Balaban J connectivity index is 1.82. The highest BCUT2D eigenvalue weighted by Crippen LogP contribution is 2.40. The van der Waals surface area contributed by atoms with Gasteiger partial charge in [0.1, 0.15) is 0 Å². The Bertz CT molecular complexity index is 211. The lowest BCUT2D eigenvalue weighted by molar-refractivity contribution is 0.0528. The molecule has 0 radical (unpaired) electrons. The molecule has 88 valence electrons. The summed E-state index contributed by atoms with van der Waals surface area (Å²) in [6, 6.07) is 0.680. The first-order valence-electron chi connectivity index (χ1n) is 6.42. The molecule has 0 heterocycles. The van der Waals surface area contributed by atoms with Crippen molar-refractivity contribution in [2.75, 3.05) is 7.11 Å². The third-order valence-corrected chi connectivity index (χ3v) is 4.13. The minimum Gasteiger partial charge on any atom is -0.381 e. The Hall–Kier alpha value is -0.0800. The molecule has 2 rings (SSSR count). The average molecular weight is 211 g/mol. The number of ether oxygens (including phenoxy) is 1. The standard InChI is InChI=1S/C13H25NO/c1-13(2,10-7-8-10)14-11-5-4-6-12(9-11)15-3/h10-12,14H,4-9H2,1-3H3. The van der Waals surface area contributed by atoms with Crippen LogP contribution in [0.1, 0.15) is 52.4 Å². The Labute approximate surface area is 93.8 Å². The summed E-state index contributed by atoms with van der Waals surface area (Å²) in [6.07, 6.45) is 8.42. The van der Waals surface area contributed by atoms with Crippen molar-refractivity contribution >= 4 is 0 Å². The second kappa shape index (κ2) is 4.42. The first kappa shape index (κ1) is 11.4. The number of hydrogen-bond acceptors (Lipinski definition) is 2. The summed E-state index contributed by atoms with van der Waals surface area (Å²) in [5, 5.41) is 3.84. The Kier molecular flexibility index (Phi) is 3.36. The summed E-state index contributed by atoms with van der Waals surface area (Å²) in [5.41, 5.74) is 0.348. The molecule has 1 N–H and O–H groups in total. The molecule has 0 spiro atoms. The van der Waals surface area contributed by atoms with Crippen molar-refractivity contribution in [1.29, 1.82) is 0 Å².